The minimum absolute atomic E-state index is 0.209. The van der Waals surface area contributed by atoms with Gasteiger partial charge in [0, 0.05) is 23.3 Å². The lowest BCUT2D eigenvalue weighted by Gasteiger charge is -2.18. The Morgan fingerprint density at radius 1 is 1.25 bits per heavy atom. The minimum atomic E-state index is -0.829. The van der Waals surface area contributed by atoms with E-state index in [0.717, 1.165) is 11.3 Å². The number of imidazole rings is 1. The van der Waals surface area contributed by atoms with Crippen LogP contribution in [-0.4, -0.2) is 39.1 Å². The third kappa shape index (κ3) is 5.26. The standard InChI is InChI=1S/C20H22N4O3S/c1-14(2)11-27-20(26)16(10-24-9-8-21-13-24)22-18(25)19-23-17(12-28-19)15-6-4-3-5-7-15/h3-9,12-14,16H,10-11H2,1-2H3,(H,22,25)/t16-/m0/s1. The minimum Gasteiger partial charge on any atom is -0.464 e. The third-order valence-electron chi connectivity index (χ3n) is 3.87. The maximum Gasteiger partial charge on any atom is 0.330 e. The number of nitrogens with one attached hydrogen (secondary N) is 1. The quantitative estimate of drug-likeness (QED) is 0.590. The highest BCUT2D eigenvalue weighted by Crippen LogP contribution is 2.21. The van der Waals surface area contributed by atoms with Gasteiger partial charge in [-0.2, -0.15) is 0 Å². The van der Waals surface area contributed by atoms with E-state index in [2.05, 4.69) is 15.3 Å². The van der Waals surface area contributed by atoms with Crippen LogP contribution in [0.25, 0.3) is 11.3 Å². The molecular formula is C20H22N4O3S. The fraction of sp³-hybridized carbons (Fsp3) is 0.300. The molecule has 0 aliphatic heterocycles. The van der Waals surface area contributed by atoms with E-state index in [1.54, 1.807) is 23.3 Å². The summed E-state index contributed by atoms with van der Waals surface area (Å²) < 4.78 is 7.04. The maximum absolute atomic E-state index is 12.7. The highest BCUT2D eigenvalue weighted by atomic mass is 32.1. The monoisotopic (exact) mass is 398 g/mol. The van der Waals surface area contributed by atoms with Crippen molar-refractivity contribution < 1.29 is 14.3 Å². The van der Waals surface area contributed by atoms with Crippen LogP contribution in [0.1, 0.15) is 23.6 Å². The van der Waals surface area contributed by atoms with E-state index in [9.17, 15) is 9.59 Å². The lowest BCUT2D eigenvalue weighted by atomic mass is 10.2. The Morgan fingerprint density at radius 3 is 2.71 bits per heavy atom. The number of hydrogen-bond acceptors (Lipinski definition) is 6. The van der Waals surface area contributed by atoms with Crippen molar-refractivity contribution in [1.29, 1.82) is 0 Å². The van der Waals surface area contributed by atoms with Crippen LogP contribution in [0.2, 0.25) is 0 Å². The summed E-state index contributed by atoms with van der Waals surface area (Å²) in [6, 6.07) is 8.79. The first-order valence-corrected chi connectivity index (χ1v) is 9.85. The highest BCUT2D eigenvalue weighted by Gasteiger charge is 2.25. The van der Waals surface area contributed by atoms with Crippen LogP contribution in [0, 0.1) is 5.92 Å². The summed E-state index contributed by atoms with van der Waals surface area (Å²) in [4.78, 5) is 33.5. The Labute approximate surface area is 167 Å². The molecule has 3 aromatic rings. The van der Waals surface area contributed by atoms with E-state index < -0.39 is 17.9 Å². The molecule has 0 aliphatic rings. The van der Waals surface area contributed by atoms with Gasteiger partial charge in [0.25, 0.3) is 5.91 Å². The number of carbonyl (C=O) groups is 2. The molecule has 2 heterocycles. The zero-order chi connectivity index (χ0) is 19.9. The molecule has 1 N–H and O–H groups in total. The van der Waals surface area contributed by atoms with Gasteiger partial charge in [-0.05, 0) is 5.92 Å². The van der Waals surface area contributed by atoms with Crippen molar-refractivity contribution in [2.45, 2.75) is 26.4 Å². The van der Waals surface area contributed by atoms with Gasteiger partial charge >= 0.3 is 5.97 Å². The summed E-state index contributed by atoms with van der Waals surface area (Å²) >= 11 is 1.24. The number of aromatic nitrogens is 3. The first-order valence-electron chi connectivity index (χ1n) is 8.97. The van der Waals surface area contributed by atoms with Crippen LogP contribution < -0.4 is 5.32 Å². The lowest BCUT2D eigenvalue weighted by Crippen LogP contribution is -2.44. The van der Waals surface area contributed by atoms with Crippen molar-refractivity contribution >= 4 is 23.2 Å². The fourth-order valence-corrected chi connectivity index (χ4v) is 3.20. The number of rotatable bonds is 8. The first kappa shape index (κ1) is 19.8. The van der Waals surface area contributed by atoms with E-state index in [1.165, 1.54) is 11.3 Å². The lowest BCUT2D eigenvalue weighted by molar-refractivity contribution is -0.147. The molecule has 2 aromatic heterocycles. The maximum atomic E-state index is 12.7. The normalized spacial score (nSPS) is 12.0. The third-order valence-corrected chi connectivity index (χ3v) is 4.71. The number of hydrogen-bond donors (Lipinski definition) is 1. The summed E-state index contributed by atoms with van der Waals surface area (Å²) in [6.07, 6.45) is 4.93. The summed E-state index contributed by atoms with van der Waals surface area (Å²) in [5, 5.41) is 4.87. The molecule has 0 unspecified atom stereocenters. The van der Waals surface area contributed by atoms with Crippen LogP contribution in [0.5, 0.6) is 0 Å². The molecule has 0 spiro atoms. The molecule has 0 aliphatic carbocycles. The van der Waals surface area contributed by atoms with E-state index in [-0.39, 0.29) is 12.5 Å². The number of carbonyl (C=O) groups excluding carboxylic acids is 2. The average molecular weight is 398 g/mol. The molecule has 1 amide bonds. The van der Waals surface area contributed by atoms with Crippen molar-refractivity contribution in [3.8, 4) is 11.3 Å². The van der Waals surface area contributed by atoms with Gasteiger partial charge in [-0.25, -0.2) is 14.8 Å². The average Bonchev–Trinajstić information content (AvgIpc) is 3.38. The van der Waals surface area contributed by atoms with Gasteiger partial charge in [-0.3, -0.25) is 4.79 Å². The molecule has 7 nitrogen and oxygen atoms in total. The fourth-order valence-electron chi connectivity index (χ4n) is 2.47. The highest BCUT2D eigenvalue weighted by molar-refractivity contribution is 7.12. The number of benzene rings is 1. The van der Waals surface area contributed by atoms with Crippen LogP contribution in [0.15, 0.2) is 54.4 Å². The molecule has 1 aromatic carbocycles. The largest absolute Gasteiger partial charge is 0.464 e. The Balaban J connectivity index is 1.71. The Hall–Kier alpha value is -3.00. The van der Waals surface area contributed by atoms with E-state index in [4.69, 9.17) is 4.74 Å². The second kappa shape index (κ2) is 9.27. The van der Waals surface area contributed by atoms with Gasteiger partial charge in [0.2, 0.25) is 0 Å². The van der Waals surface area contributed by atoms with Crippen molar-refractivity contribution in [2.75, 3.05) is 6.61 Å². The summed E-state index contributed by atoms with van der Waals surface area (Å²) in [5.41, 5.74) is 1.66. The number of nitrogens with zero attached hydrogens (tertiary/aromatic N) is 3. The predicted molar refractivity (Wildman–Crippen MR) is 107 cm³/mol. The Kier molecular flexibility index (Phi) is 6.54. The zero-order valence-electron chi connectivity index (χ0n) is 15.7. The second-order valence-electron chi connectivity index (χ2n) is 6.71. The van der Waals surface area contributed by atoms with Crippen molar-refractivity contribution in [1.82, 2.24) is 19.9 Å². The SMILES string of the molecule is CC(C)COC(=O)[C@H](Cn1ccnc1)NC(=O)c1nc(-c2ccccc2)cs1. The molecular weight excluding hydrogens is 376 g/mol. The summed E-state index contributed by atoms with van der Waals surface area (Å²) in [6.45, 7) is 4.44. The van der Waals surface area contributed by atoms with Gasteiger partial charge < -0.3 is 14.6 Å². The van der Waals surface area contributed by atoms with Crippen LogP contribution in [0.4, 0.5) is 0 Å². The van der Waals surface area contributed by atoms with Crippen LogP contribution in [0.3, 0.4) is 0 Å². The molecule has 0 radical (unpaired) electrons. The molecule has 0 saturated carbocycles. The van der Waals surface area contributed by atoms with Crippen LogP contribution >= 0.6 is 11.3 Å². The van der Waals surface area contributed by atoms with Gasteiger partial charge in [0.1, 0.15) is 6.04 Å². The summed E-state index contributed by atoms with van der Waals surface area (Å²) in [7, 11) is 0. The van der Waals surface area contributed by atoms with E-state index >= 15 is 0 Å². The van der Waals surface area contributed by atoms with Crippen molar-refractivity contribution in [3.63, 3.8) is 0 Å². The predicted octanol–water partition coefficient (Wildman–Crippen LogP) is 3.00. The number of ether oxygens (including phenoxy) is 1. The number of amides is 1. The molecule has 28 heavy (non-hydrogen) atoms. The molecule has 0 bridgehead atoms. The van der Waals surface area contributed by atoms with Gasteiger partial charge in [-0.15, -0.1) is 11.3 Å². The number of esters is 1. The van der Waals surface area contributed by atoms with E-state index in [1.807, 2.05) is 49.6 Å². The molecule has 1 atom stereocenters. The molecule has 0 fully saturated rings. The Morgan fingerprint density at radius 2 is 2.04 bits per heavy atom. The van der Waals surface area contributed by atoms with Gasteiger partial charge in [0.05, 0.1) is 25.2 Å². The first-order chi connectivity index (χ1) is 13.5. The summed E-state index contributed by atoms with van der Waals surface area (Å²) in [5.74, 6) is -0.671. The van der Waals surface area contributed by atoms with Crippen molar-refractivity contribution in [3.05, 3.63) is 59.4 Å². The van der Waals surface area contributed by atoms with Gasteiger partial charge in [0.15, 0.2) is 5.01 Å². The van der Waals surface area contributed by atoms with E-state index in [0.29, 0.717) is 11.6 Å². The Bertz CT molecular complexity index is 907. The zero-order valence-corrected chi connectivity index (χ0v) is 16.6. The molecule has 3 rings (SSSR count). The second-order valence-corrected chi connectivity index (χ2v) is 7.57. The number of thiazole rings is 1. The topological polar surface area (TPSA) is 86.1 Å². The smallest absolute Gasteiger partial charge is 0.330 e. The molecule has 146 valence electrons. The molecule has 0 saturated heterocycles. The van der Waals surface area contributed by atoms with Crippen LogP contribution in [-0.2, 0) is 16.1 Å². The van der Waals surface area contributed by atoms with Crippen molar-refractivity contribution in [2.24, 2.45) is 5.92 Å². The molecule has 8 heteroatoms. The van der Waals surface area contributed by atoms with Gasteiger partial charge in [-0.1, -0.05) is 44.2 Å².